The van der Waals surface area contributed by atoms with E-state index in [1.807, 2.05) is 4.90 Å². The van der Waals surface area contributed by atoms with Crippen LogP contribution in [0.4, 0.5) is 10.1 Å². The van der Waals surface area contributed by atoms with Crippen LogP contribution < -0.4 is 5.32 Å². The van der Waals surface area contributed by atoms with E-state index in [0.717, 1.165) is 25.8 Å². The molecule has 5 heteroatoms. The number of nitrogens with zero attached hydrogens (tertiary/aromatic N) is 1. The number of likely N-dealkylation sites (tertiary alicyclic amines) is 1. The zero-order valence-corrected chi connectivity index (χ0v) is 12.3. The molecule has 0 saturated carbocycles. The van der Waals surface area contributed by atoms with Crippen LogP contribution in [0.15, 0.2) is 24.3 Å². The second kappa shape index (κ2) is 7.31. The van der Waals surface area contributed by atoms with E-state index in [4.69, 9.17) is 0 Å². The van der Waals surface area contributed by atoms with E-state index in [-0.39, 0.29) is 30.0 Å². The van der Waals surface area contributed by atoms with E-state index >= 15 is 0 Å². The minimum absolute atomic E-state index is 0.127. The summed E-state index contributed by atoms with van der Waals surface area (Å²) >= 11 is 0. The summed E-state index contributed by atoms with van der Waals surface area (Å²) in [5.74, 6) is -0.540. The lowest BCUT2D eigenvalue weighted by Gasteiger charge is -2.34. The Balaban J connectivity index is 1.94. The summed E-state index contributed by atoms with van der Waals surface area (Å²) in [6.45, 7) is 2.58. The maximum atomic E-state index is 13.5. The Hall–Kier alpha value is -1.75. The largest absolute Gasteiger partial charge is 0.322 e. The Morgan fingerprint density at radius 3 is 2.81 bits per heavy atom. The Labute approximate surface area is 124 Å². The summed E-state index contributed by atoms with van der Waals surface area (Å²) < 4.78 is 13.5. The van der Waals surface area contributed by atoms with E-state index in [1.54, 1.807) is 19.1 Å². The summed E-state index contributed by atoms with van der Waals surface area (Å²) in [5.41, 5.74) is 0.197. The molecule has 4 nitrogen and oxygen atoms in total. The molecule has 1 atom stereocenters. The molecule has 1 aromatic rings. The molecule has 1 aliphatic heterocycles. The van der Waals surface area contributed by atoms with Crippen molar-refractivity contribution < 1.29 is 14.0 Å². The van der Waals surface area contributed by atoms with Gasteiger partial charge in [-0.25, -0.2) is 4.39 Å². The molecule has 1 N–H and O–H groups in total. The molecule has 2 rings (SSSR count). The number of rotatable bonds is 5. The second-order valence-electron chi connectivity index (χ2n) is 5.55. The van der Waals surface area contributed by atoms with Crippen LogP contribution in [0, 0.1) is 5.82 Å². The number of ketones is 1. The van der Waals surface area contributed by atoms with Gasteiger partial charge in [0.2, 0.25) is 5.91 Å². The van der Waals surface area contributed by atoms with Crippen LogP contribution in [0.1, 0.15) is 32.6 Å². The normalized spacial score (nSPS) is 19.2. The third-order valence-electron chi connectivity index (χ3n) is 3.77. The van der Waals surface area contributed by atoms with Gasteiger partial charge >= 0.3 is 0 Å². The van der Waals surface area contributed by atoms with Crippen molar-refractivity contribution in [2.75, 3.05) is 18.4 Å². The van der Waals surface area contributed by atoms with Crippen LogP contribution in [-0.4, -0.2) is 35.7 Å². The van der Waals surface area contributed by atoms with Crippen molar-refractivity contribution in [3.63, 3.8) is 0 Å². The summed E-state index contributed by atoms with van der Waals surface area (Å²) in [7, 11) is 0. The van der Waals surface area contributed by atoms with Gasteiger partial charge in [-0.3, -0.25) is 14.5 Å². The van der Waals surface area contributed by atoms with Crippen molar-refractivity contribution >= 4 is 17.4 Å². The van der Waals surface area contributed by atoms with Gasteiger partial charge in [-0.2, -0.15) is 0 Å². The van der Waals surface area contributed by atoms with Gasteiger partial charge < -0.3 is 5.32 Å². The lowest BCUT2D eigenvalue weighted by molar-refractivity contribution is -0.121. The van der Waals surface area contributed by atoms with Crippen LogP contribution in [0.5, 0.6) is 0 Å². The Kier molecular flexibility index (Phi) is 5.44. The number of carbonyl (C=O) groups excluding carboxylic acids is 2. The molecular weight excluding hydrogens is 271 g/mol. The van der Waals surface area contributed by atoms with Crippen LogP contribution in [-0.2, 0) is 9.59 Å². The van der Waals surface area contributed by atoms with Crippen LogP contribution >= 0.6 is 0 Å². The SMILES string of the molecule is CC(=O)CC1CCCCN1CC(=O)Nc1ccccc1F. The highest BCUT2D eigenvalue weighted by atomic mass is 19.1. The highest BCUT2D eigenvalue weighted by Gasteiger charge is 2.25. The van der Waals surface area contributed by atoms with Gasteiger partial charge in [-0.1, -0.05) is 18.6 Å². The standard InChI is InChI=1S/C16H21FN2O2/c1-12(20)10-13-6-4-5-9-19(13)11-16(21)18-15-8-3-2-7-14(15)17/h2-3,7-8,13H,4-6,9-11H2,1H3,(H,18,21). The average molecular weight is 292 g/mol. The quantitative estimate of drug-likeness (QED) is 0.907. The van der Waals surface area contributed by atoms with Gasteiger partial charge in [-0.15, -0.1) is 0 Å². The zero-order chi connectivity index (χ0) is 15.2. The smallest absolute Gasteiger partial charge is 0.238 e. The molecule has 0 spiro atoms. The molecule has 21 heavy (non-hydrogen) atoms. The second-order valence-corrected chi connectivity index (χ2v) is 5.55. The number of hydrogen-bond donors (Lipinski definition) is 1. The number of anilines is 1. The van der Waals surface area contributed by atoms with Crippen molar-refractivity contribution in [1.82, 2.24) is 4.90 Å². The van der Waals surface area contributed by atoms with Gasteiger partial charge in [0.25, 0.3) is 0 Å². The van der Waals surface area contributed by atoms with E-state index in [2.05, 4.69) is 5.32 Å². The zero-order valence-electron chi connectivity index (χ0n) is 12.3. The molecule has 1 aromatic carbocycles. The molecule has 0 radical (unpaired) electrons. The van der Waals surface area contributed by atoms with Gasteiger partial charge in [0.1, 0.15) is 11.6 Å². The van der Waals surface area contributed by atoms with E-state index in [9.17, 15) is 14.0 Å². The first-order valence-corrected chi connectivity index (χ1v) is 7.34. The third kappa shape index (κ3) is 4.63. The number of benzene rings is 1. The summed E-state index contributed by atoms with van der Waals surface area (Å²) in [4.78, 5) is 25.4. The van der Waals surface area contributed by atoms with Crippen molar-refractivity contribution in [3.05, 3.63) is 30.1 Å². The van der Waals surface area contributed by atoms with E-state index in [0.29, 0.717) is 6.42 Å². The topological polar surface area (TPSA) is 49.4 Å². The number of nitrogens with one attached hydrogen (secondary N) is 1. The Morgan fingerprint density at radius 2 is 2.10 bits per heavy atom. The van der Waals surface area contributed by atoms with Crippen LogP contribution in [0.25, 0.3) is 0 Å². The first kappa shape index (κ1) is 15.6. The van der Waals surface area contributed by atoms with E-state index in [1.165, 1.54) is 12.1 Å². The molecule has 114 valence electrons. The monoisotopic (exact) mass is 292 g/mol. The fourth-order valence-corrected chi connectivity index (χ4v) is 2.77. The van der Waals surface area contributed by atoms with Gasteiger partial charge in [0, 0.05) is 12.5 Å². The van der Waals surface area contributed by atoms with Gasteiger partial charge in [-0.05, 0) is 38.4 Å². The molecule has 0 aromatic heterocycles. The molecular formula is C16H21FN2O2. The molecule has 1 unspecified atom stereocenters. The van der Waals surface area contributed by atoms with Gasteiger partial charge in [0.15, 0.2) is 0 Å². The van der Waals surface area contributed by atoms with E-state index < -0.39 is 5.82 Å². The molecule has 1 aliphatic rings. The minimum Gasteiger partial charge on any atom is -0.322 e. The molecule has 0 aliphatic carbocycles. The lowest BCUT2D eigenvalue weighted by atomic mass is 9.98. The highest BCUT2D eigenvalue weighted by Crippen LogP contribution is 2.20. The van der Waals surface area contributed by atoms with Crippen molar-refractivity contribution in [3.8, 4) is 0 Å². The fourth-order valence-electron chi connectivity index (χ4n) is 2.77. The highest BCUT2D eigenvalue weighted by molar-refractivity contribution is 5.92. The molecule has 1 heterocycles. The average Bonchev–Trinajstić information content (AvgIpc) is 2.43. The summed E-state index contributed by atoms with van der Waals surface area (Å²) in [6, 6.07) is 6.24. The molecule has 1 saturated heterocycles. The van der Waals surface area contributed by atoms with Crippen molar-refractivity contribution in [2.24, 2.45) is 0 Å². The summed E-state index contributed by atoms with van der Waals surface area (Å²) in [6.07, 6.45) is 3.53. The number of amides is 1. The number of para-hydroxylation sites is 1. The molecule has 1 amide bonds. The van der Waals surface area contributed by atoms with Crippen molar-refractivity contribution in [2.45, 2.75) is 38.6 Å². The Bertz CT molecular complexity index is 519. The number of Topliss-reactive ketones (excluding diaryl/α,β-unsaturated/α-hetero) is 1. The molecule has 0 bridgehead atoms. The number of halogens is 1. The number of piperidine rings is 1. The predicted molar refractivity (Wildman–Crippen MR) is 79.5 cm³/mol. The van der Waals surface area contributed by atoms with Crippen molar-refractivity contribution in [1.29, 1.82) is 0 Å². The maximum Gasteiger partial charge on any atom is 0.238 e. The lowest BCUT2D eigenvalue weighted by Crippen LogP contribution is -2.44. The predicted octanol–water partition coefficient (Wildman–Crippen LogP) is 2.60. The number of carbonyl (C=O) groups is 2. The molecule has 1 fully saturated rings. The maximum absolute atomic E-state index is 13.5. The first-order valence-electron chi connectivity index (χ1n) is 7.34. The first-order chi connectivity index (χ1) is 10.1. The Morgan fingerprint density at radius 1 is 1.33 bits per heavy atom. The van der Waals surface area contributed by atoms with Gasteiger partial charge in [0.05, 0.1) is 12.2 Å². The van der Waals surface area contributed by atoms with Crippen LogP contribution in [0.3, 0.4) is 0 Å². The fraction of sp³-hybridized carbons (Fsp3) is 0.500. The summed E-state index contributed by atoms with van der Waals surface area (Å²) in [5, 5.41) is 2.59. The minimum atomic E-state index is -0.440. The number of hydrogen-bond acceptors (Lipinski definition) is 3. The third-order valence-corrected chi connectivity index (χ3v) is 3.77. The van der Waals surface area contributed by atoms with Crippen LogP contribution in [0.2, 0.25) is 0 Å².